The third-order valence-electron chi connectivity index (χ3n) is 2.39. The van der Waals surface area contributed by atoms with Gasteiger partial charge in [0.05, 0.1) is 0 Å². The lowest BCUT2D eigenvalue weighted by Gasteiger charge is -2.07. The topological polar surface area (TPSA) is 52.0 Å². The van der Waals surface area contributed by atoms with Crippen molar-refractivity contribution in [1.82, 2.24) is 5.16 Å². The van der Waals surface area contributed by atoms with Crippen LogP contribution >= 0.6 is 15.9 Å². The molecule has 0 fully saturated rings. The van der Waals surface area contributed by atoms with Gasteiger partial charge in [0.2, 0.25) is 5.88 Å². The summed E-state index contributed by atoms with van der Waals surface area (Å²) in [5.74, 6) is 0.337. The predicted molar refractivity (Wildman–Crippen MR) is 63.5 cm³/mol. The van der Waals surface area contributed by atoms with E-state index in [1.807, 2.05) is 26.0 Å². The van der Waals surface area contributed by atoms with Crippen molar-refractivity contribution >= 4 is 21.8 Å². The highest BCUT2D eigenvalue weighted by molar-refractivity contribution is 9.10. The average molecular weight is 267 g/mol. The zero-order valence-electron chi connectivity index (χ0n) is 8.54. The maximum atomic E-state index is 5.51. The molecule has 0 atom stereocenters. The molecule has 0 saturated carbocycles. The SMILES string of the molecule is Cc1ccc(Br)c(C)c1-c1cc(N)on1. The third kappa shape index (κ3) is 1.77. The molecule has 78 valence electrons. The fourth-order valence-corrected chi connectivity index (χ4v) is 1.95. The smallest absolute Gasteiger partial charge is 0.222 e. The van der Waals surface area contributed by atoms with Crippen molar-refractivity contribution in [2.45, 2.75) is 13.8 Å². The van der Waals surface area contributed by atoms with E-state index in [0.717, 1.165) is 26.9 Å². The van der Waals surface area contributed by atoms with Crippen LogP contribution in [0.2, 0.25) is 0 Å². The van der Waals surface area contributed by atoms with Gasteiger partial charge in [0.1, 0.15) is 5.69 Å². The first-order valence-electron chi connectivity index (χ1n) is 4.58. The van der Waals surface area contributed by atoms with E-state index >= 15 is 0 Å². The number of nitrogen functional groups attached to an aromatic ring is 1. The summed E-state index contributed by atoms with van der Waals surface area (Å²) in [6.45, 7) is 4.08. The maximum absolute atomic E-state index is 5.51. The van der Waals surface area contributed by atoms with Crippen LogP contribution in [-0.2, 0) is 0 Å². The molecule has 1 aromatic carbocycles. The number of nitrogens with two attached hydrogens (primary N) is 1. The van der Waals surface area contributed by atoms with Gasteiger partial charge < -0.3 is 10.3 Å². The number of hydrogen-bond acceptors (Lipinski definition) is 3. The molecule has 2 N–H and O–H groups in total. The van der Waals surface area contributed by atoms with Crippen molar-refractivity contribution in [2.24, 2.45) is 0 Å². The Kier molecular flexibility index (Phi) is 2.52. The fraction of sp³-hybridized carbons (Fsp3) is 0.182. The maximum Gasteiger partial charge on any atom is 0.222 e. The first-order chi connectivity index (χ1) is 7.09. The number of nitrogens with zero attached hydrogens (tertiary/aromatic N) is 1. The lowest BCUT2D eigenvalue weighted by molar-refractivity contribution is 0.439. The Morgan fingerprint density at radius 1 is 1.33 bits per heavy atom. The number of anilines is 1. The van der Waals surface area contributed by atoms with Gasteiger partial charge in [0, 0.05) is 16.1 Å². The van der Waals surface area contributed by atoms with Gasteiger partial charge in [-0.25, -0.2) is 0 Å². The second-order valence-corrected chi connectivity index (χ2v) is 4.33. The van der Waals surface area contributed by atoms with Gasteiger partial charge in [0.25, 0.3) is 0 Å². The van der Waals surface area contributed by atoms with E-state index in [9.17, 15) is 0 Å². The highest BCUT2D eigenvalue weighted by atomic mass is 79.9. The molecule has 2 rings (SSSR count). The van der Waals surface area contributed by atoms with Gasteiger partial charge in [-0.15, -0.1) is 0 Å². The number of rotatable bonds is 1. The Balaban J connectivity index is 2.66. The molecule has 0 spiro atoms. The van der Waals surface area contributed by atoms with Crippen LogP contribution in [-0.4, -0.2) is 5.16 Å². The first-order valence-corrected chi connectivity index (χ1v) is 5.37. The van der Waals surface area contributed by atoms with Crippen molar-refractivity contribution < 1.29 is 4.52 Å². The van der Waals surface area contributed by atoms with E-state index in [1.54, 1.807) is 6.07 Å². The Hall–Kier alpha value is -1.29. The van der Waals surface area contributed by atoms with Gasteiger partial charge >= 0.3 is 0 Å². The number of benzene rings is 1. The van der Waals surface area contributed by atoms with E-state index in [4.69, 9.17) is 10.3 Å². The molecule has 1 aromatic heterocycles. The third-order valence-corrected chi connectivity index (χ3v) is 3.25. The van der Waals surface area contributed by atoms with Crippen LogP contribution in [0.5, 0.6) is 0 Å². The van der Waals surface area contributed by atoms with Crippen LogP contribution < -0.4 is 5.73 Å². The monoisotopic (exact) mass is 266 g/mol. The van der Waals surface area contributed by atoms with Crippen LogP contribution in [0, 0.1) is 13.8 Å². The van der Waals surface area contributed by atoms with E-state index in [1.165, 1.54) is 0 Å². The van der Waals surface area contributed by atoms with Crippen LogP contribution in [0.1, 0.15) is 11.1 Å². The molecule has 0 radical (unpaired) electrons. The van der Waals surface area contributed by atoms with Crippen molar-refractivity contribution in [3.63, 3.8) is 0 Å². The minimum absolute atomic E-state index is 0.337. The van der Waals surface area contributed by atoms with Crippen molar-refractivity contribution in [3.05, 3.63) is 33.8 Å². The van der Waals surface area contributed by atoms with E-state index < -0.39 is 0 Å². The minimum atomic E-state index is 0.337. The summed E-state index contributed by atoms with van der Waals surface area (Å²) < 4.78 is 5.94. The summed E-state index contributed by atoms with van der Waals surface area (Å²) in [6.07, 6.45) is 0. The molecule has 0 aliphatic carbocycles. The molecule has 0 aliphatic heterocycles. The molecule has 0 bridgehead atoms. The van der Waals surface area contributed by atoms with Gasteiger partial charge in [-0.3, -0.25) is 0 Å². The van der Waals surface area contributed by atoms with Crippen molar-refractivity contribution in [1.29, 1.82) is 0 Å². The molecular weight excluding hydrogens is 256 g/mol. The standard InChI is InChI=1S/C11H11BrN2O/c1-6-3-4-8(12)7(2)11(6)9-5-10(13)15-14-9/h3-5H,13H2,1-2H3. The van der Waals surface area contributed by atoms with Gasteiger partial charge in [-0.2, -0.15) is 0 Å². The molecule has 4 heteroatoms. The van der Waals surface area contributed by atoms with E-state index in [-0.39, 0.29) is 0 Å². The second-order valence-electron chi connectivity index (χ2n) is 3.48. The quantitative estimate of drug-likeness (QED) is 0.862. The summed E-state index contributed by atoms with van der Waals surface area (Å²) in [5, 5.41) is 3.93. The van der Waals surface area contributed by atoms with Crippen LogP contribution in [0.25, 0.3) is 11.3 Å². The highest BCUT2D eigenvalue weighted by Crippen LogP contribution is 2.31. The van der Waals surface area contributed by atoms with E-state index in [2.05, 4.69) is 21.1 Å². The molecule has 15 heavy (non-hydrogen) atoms. The van der Waals surface area contributed by atoms with Gasteiger partial charge in [0.15, 0.2) is 0 Å². The molecule has 0 amide bonds. The van der Waals surface area contributed by atoms with Crippen molar-refractivity contribution in [2.75, 3.05) is 5.73 Å². The zero-order chi connectivity index (χ0) is 11.0. The molecule has 2 aromatic rings. The Labute approximate surface area is 96.4 Å². The molecule has 0 unspecified atom stereocenters. The summed E-state index contributed by atoms with van der Waals surface area (Å²) in [5.41, 5.74) is 9.67. The van der Waals surface area contributed by atoms with Crippen LogP contribution in [0.3, 0.4) is 0 Å². The molecule has 0 aliphatic rings. The Morgan fingerprint density at radius 3 is 2.67 bits per heavy atom. The summed E-state index contributed by atoms with van der Waals surface area (Å²) in [6, 6.07) is 5.80. The van der Waals surface area contributed by atoms with Gasteiger partial charge in [-0.05, 0) is 31.0 Å². The summed E-state index contributed by atoms with van der Waals surface area (Å²) in [7, 11) is 0. The molecule has 0 saturated heterocycles. The minimum Gasteiger partial charge on any atom is -0.368 e. The number of halogens is 1. The largest absolute Gasteiger partial charge is 0.368 e. The lowest BCUT2D eigenvalue weighted by Crippen LogP contribution is -1.89. The number of aryl methyl sites for hydroxylation is 1. The Bertz CT molecular complexity index is 505. The average Bonchev–Trinajstić information content (AvgIpc) is 2.59. The van der Waals surface area contributed by atoms with Crippen molar-refractivity contribution in [3.8, 4) is 11.3 Å². The second kappa shape index (κ2) is 3.70. The molecule has 1 heterocycles. The van der Waals surface area contributed by atoms with Gasteiger partial charge in [-0.1, -0.05) is 27.2 Å². The molecular formula is C11H11BrN2O. The Morgan fingerprint density at radius 2 is 2.07 bits per heavy atom. The first kappa shape index (κ1) is 10.2. The lowest BCUT2D eigenvalue weighted by atomic mass is 10.0. The zero-order valence-corrected chi connectivity index (χ0v) is 10.1. The number of aromatic nitrogens is 1. The highest BCUT2D eigenvalue weighted by Gasteiger charge is 2.12. The summed E-state index contributed by atoms with van der Waals surface area (Å²) >= 11 is 3.49. The van der Waals surface area contributed by atoms with E-state index in [0.29, 0.717) is 5.88 Å². The fourth-order valence-electron chi connectivity index (χ4n) is 1.62. The number of hydrogen-bond donors (Lipinski definition) is 1. The van der Waals surface area contributed by atoms with Crippen LogP contribution in [0.4, 0.5) is 5.88 Å². The molecule has 3 nitrogen and oxygen atoms in total. The van der Waals surface area contributed by atoms with Crippen LogP contribution in [0.15, 0.2) is 27.2 Å². The summed E-state index contributed by atoms with van der Waals surface area (Å²) in [4.78, 5) is 0. The normalized spacial score (nSPS) is 10.6. The predicted octanol–water partition coefficient (Wildman–Crippen LogP) is 3.30.